The number of fused-ring (bicyclic) bond motifs is 1. The zero-order chi connectivity index (χ0) is 20.1. The topological polar surface area (TPSA) is 55.1 Å². The maximum Gasteiger partial charge on any atom is 0.408 e. The number of benzene rings is 1. The molecule has 13 heteroatoms. The summed E-state index contributed by atoms with van der Waals surface area (Å²) in [5, 5.41) is 4.71. The number of nitrogens with zero attached hydrogens (tertiary/aromatic N) is 4. The van der Waals surface area contributed by atoms with E-state index in [1.807, 2.05) is 5.32 Å². The van der Waals surface area contributed by atoms with Crippen LogP contribution in [0.1, 0.15) is 6.92 Å². The molecule has 0 bridgehead atoms. The second-order valence-electron chi connectivity index (χ2n) is 5.37. The molecule has 3 rings (SSSR count). The number of rotatable bonds is 3. The van der Waals surface area contributed by atoms with Crippen LogP contribution in [0.2, 0.25) is 10.4 Å². The van der Waals surface area contributed by atoms with E-state index < -0.39 is 57.1 Å². The summed E-state index contributed by atoms with van der Waals surface area (Å²) < 4.78 is 81.4. The van der Waals surface area contributed by atoms with E-state index in [1.54, 1.807) is 0 Å². The second kappa shape index (κ2) is 6.71. The molecule has 5 nitrogen and oxygen atoms in total. The summed E-state index contributed by atoms with van der Waals surface area (Å²) in [6.45, 7) is 0.764. The summed E-state index contributed by atoms with van der Waals surface area (Å²) in [6, 6.07) is -1.47. The van der Waals surface area contributed by atoms with Crippen molar-refractivity contribution in [1.82, 2.24) is 19.6 Å². The summed E-state index contributed by atoms with van der Waals surface area (Å²) in [5.74, 6) is -4.90. The summed E-state index contributed by atoms with van der Waals surface area (Å²) in [7, 11) is 0. The number of anilines is 1. The molecular formula is C14H7Cl2F6N5. The Kier molecular flexibility index (Phi) is 4.85. The molecule has 0 radical (unpaired) electrons. The van der Waals surface area contributed by atoms with Gasteiger partial charge in [0.1, 0.15) is 34.5 Å². The van der Waals surface area contributed by atoms with E-state index >= 15 is 0 Å². The molecule has 0 aliphatic heterocycles. The molecule has 0 spiro atoms. The first-order chi connectivity index (χ1) is 12.5. The quantitative estimate of drug-likeness (QED) is 0.476. The highest BCUT2D eigenvalue weighted by Crippen LogP contribution is 2.39. The number of aromatic nitrogens is 4. The van der Waals surface area contributed by atoms with E-state index in [0.717, 1.165) is 6.92 Å². The monoisotopic (exact) mass is 429 g/mol. The molecule has 1 atom stereocenters. The number of alkyl halides is 3. The van der Waals surface area contributed by atoms with Crippen molar-refractivity contribution in [3.63, 3.8) is 0 Å². The summed E-state index contributed by atoms with van der Waals surface area (Å²) >= 11 is 11.6. The van der Waals surface area contributed by atoms with Gasteiger partial charge in [0.15, 0.2) is 0 Å². The van der Waals surface area contributed by atoms with Crippen molar-refractivity contribution in [3.8, 4) is 11.1 Å². The first kappa shape index (κ1) is 19.5. The van der Waals surface area contributed by atoms with Crippen LogP contribution in [0.4, 0.5) is 32.2 Å². The van der Waals surface area contributed by atoms with Gasteiger partial charge in [-0.25, -0.2) is 13.2 Å². The molecule has 3 aromatic rings. The third-order valence-electron chi connectivity index (χ3n) is 3.52. The zero-order valence-corrected chi connectivity index (χ0v) is 14.6. The maximum absolute atomic E-state index is 14.2. The highest BCUT2D eigenvalue weighted by Gasteiger charge is 2.37. The van der Waals surface area contributed by atoms with Crippen molar-refractivity contribution in [2.24, 2.45) is 0 Å². The van der Waals surface area contributed by atoms with Crippen LogP contribution in [0.3, 0.4) is 0 Å². The Morgan fingerprint density at radius 2 is 1.63 bits per heavy atom. The minimum Gasteiger partial charge on any atom is -0.358 e. The Labute approximate surface area is 156 Å². The van der Waals surface area contributed by atoms with E-state index in [4.69, 9.17) is 23.2 Å². The Bertz CT molecular complexity index is 1010. The Morgan fingerprint density at radius 1 is 1.04 bits per heavy atom. The molecule has 144 valence electrons. The molecule has 0 fully saturated rings. The van der Waals surface area contributed by atoms with Crippen LogP contribution in [0.15, 0.2) is 12.1 Å². The van der Waals surface area contributed by atoms with E-state index in [9.17, 15) is 26.3 Å². The van der Waals surface area contributed by atoms with Crippen molar-refractivity contribution in [2.45, 2.75) is 19.1 Å². The highest BCUT2D eigenvalue weighted by atomic mass is 35.5. The maximum atomic E-state index is 14.2. The van der Waals surface area contributed by atoms with Crippen LogP contribution in [0, 0.1) is 17.5 Å². The molecule has 0 aliphatic rings. The lowest BCUT2D eigenvalue weighted by Crippen LogP contribution is -2.34. The minimum atomic E-state index is -4.72. The molecular weight excluding hydrogens is 423 g/mol. The Morgan fingerprint density at radius 3 is 2.19 bits per heavy atom. The van der Waals surface area contributed by atoms with Crippen LogP contribution in [0.5, 0.6) is 0 Å². The highest BCUT2D eigenvalue weighted by molar-refractivity contribution is 6.33. The van der Waals surface area contributed by atoms with Crippen LogP contribution >= 0.6 is 23.2 Å². The molecule has 0 unspecified atom stereocenters. The van der Waals surface area contributed by atoms with E-state index in [0.29, 0.717) is 16.6 Å². The van der Waals surface area contributed by atoms with Crippen molar-refractivity contribution < 1.29 is 26.3 Å². The van der Waals surface area contributed by atoms with Crippen LogP contribution in [0.25, 0.3) is 16.9 Å². The fourth-order valence-corrected chi connectivity index (χ4v) is 2.68. The fraction of sp³-hybridized carbons (Fsp3) is 0.214. The molecule has 27 heavy (non-hydrogen) atoms. The first-order valence-electron chi connectivity index (χ1n) is 7.09. The smallest absolute Gasteiger partial charge is 0.358 e. The van der Waals surface area contributed by atoms with E-state index in [1.165, 1.54) is 0 Å². The van der Waals surface area contributed by atoms with Gasteiger partial charge in [-0.2, -0.15) is 27.7 Å². The van der Waals surface area contributed by atoms with Gasteiger partial charge in [-0.3, -0.25) is 0 Å². The largest absolute Gasteiger partial charge is 0.408 e. The van der Waals surface area contributed by atoms with Crippen molar-refractivity contribution in [1.29, 1.82) is 0 Å². The molecule has 0 aliphatic carbocycles. The number of hydrogen-bond donors (Lipinski definition) is 1. The fourth-order valence-electron chi connectivity index (χ4n) is 2.27. The molecule has 0 saturated carbocycles. The molecule has 1 aromatic carbocycles. The van der Waals surface area contributed by atoms with Crippen LogP contribution in [-0.4, -0.2) is 31.8 Å². The van der Waals surface area contributed by atoms with Crippen LogP contribution < -0.4 is 5.32 Å². The lowest BCUT2D eigenvalue weighted by Gasteiger charge is -2.21. The summed E-state index contributed by atoms with van der Waals surface area (Å²) in [6.07, 6.45) is -4.72. The van der Waals surface area contributed by atoms with Gasteiger partial charge in [-0.05, 0) is 18.5 Å². The van der Waals surface area contributed by atoms with Crippen molar-refractivity contribution >= 4 is 34.8 Å². The molecule has 2 aromatic heterocycles. The Hall–Kier alpha value is -2.27. The van der Waals surface area contributed by atoms with Gasteiger partial charge in [0.05, 0.1) is 11.1 Å². The van der Waals surface area contributed by atoms with Gasteiger partial charge in [-0.1, -0.05) is 11.6 Å². The lowest BCUT2D eigenvalue weighted by atomic mass is 10.1. The van der Waals surface area contributed by atoms with Gasteiger partial charge < -0.3 is 5.32 Å². The third kappa shape index (κ3) is 3.61. The second-order valence-corrected chi connectivity index (χ2v) is 6.07. The average molecular weight is 430 g/mol. The van der Waals surface area contributed by atoms with Gasteiger partial charge in [-0.15, -0.1) is 5.10 Å². The molecule has 0 amide bonds. The van der Waals surface area contributed by atoms with Crippen molar-refractivity contribution in [2.75, 3.05) is 5.32 Å². The predicted octanol–water partition coefficient (Wildman–Crippen LogP) is 4.88. The summed E-state index contributed by atoms with van der Waals surface area (Å²) in [4.78, 5) is 7.38. The zero-order valence-electron chi connectivity index (χ0n) is 13.0. The normalized spacial score (nSPS) is 13.2. The molecule has 1 N–H and O–H groups in total. The predicted molar refractivity (Wildman–Crippen MR) is 85.3 cm³/mol. The van der Waals surface area contributed by atoms with Crippen LogP contribution in [-0.2, 0) is 0 Å². The van der Waals surface area contributed by atoms with Gasteiger partial charge in [0.25, 0.3) is 5.78 Å². The summed E-state index contributed by atoms with van der Waals surface area (Å²) in [5.41, 5.74) is -1.49. The average Bonchev–Trinajstić information content (AvgIpc) is 2.87. The minimum absolute atomic E-state index is 0.312. The third-order valence-corrected chi connectivity index (χ3v) is 3.95. The number of hydrogen-bond acceptors (Lipinski definition) is 4. The van der Waals surface area contributed by atoms with Crippen molar-refractivity contribution in [3.05, 3.63) is 40.0 Å². The van der Waals surface area contributed by atoms with Gasteiger partial charge in [0, 0.05) is 12.1 Å². The Balaban J connectivity index is 2.35. The molecule has 0 saturated heterocycles. The van der Waals surface area contributed by atoms with E-state index in [-0.39, 0.29) is 5.78 Å². The molecule has 2 heterocycles. The van der Waals surface area contributed by atoms with E-state index in [2.05, 4.69) is 15.1 Å². The number of nitrogens with one attached hydrogen (secondary N) is 1. The standard InChI is InChI=1S/C14H7Cl2F6N5/c1-4(14(20,21)22)23-11-9(8-6(18)2-5(17)3-7(8)19)10(15)24-13-25-12(16)26-27(11)13/h2-4,23H,1H3/t4-/m1/s1. The SMILES string of the molecule is C[C@@H](Nc1c(-c2c(F)cc(F)cc2F)c(Cl)nc2nc(Cl)nn12)C(F)(F)F. The van der Waals surface area contributed by atoms with Gasteiger partial charge in [0.2, 0.25) is 5.28 Å². The van der Waals surface area contributed by atoms with Gasteiger partial charge >= 0.3 is 6.18 Å². The number of halogens is 8. The lowest BCUT2D eigenvalue weighted by molar-refractivity contribution is -0.138. The first-order valence-corrected chi connectivity index (χ1v) is 7.84.